The molecule has 4 rings (SSSR count). The molecule has 2 N–H and O–H groups in total. The zero-order valence-corrected chi connectivity index (χ0v) is 16.0. The zero-order valence-electron chi connectivity index (χ0n) is 16.0. The summed E-state index contributed by atoms with van der Waals surface area (Å²) < 4.78 is 0. The summed E-state index contributed by atoms with van der Waals surface area (Å²) in [6.07, 6.45) is 0. The minimum absolute atomic E-state index is 0.388. The Labute approximate surface area is 166 Å². The highest BCUT2D eigenvalue weighted by Gasteiger charge is 2.07. The summed E-state index contributed by atoms with van der Waals surface area (Å²) in [6.45, 7) is 2.25. The van der Waals surface area contributed by atoms with Crippen LogP contribution in [0.1, 0.15) is 24.0 Å². The number of hydrogen-bond donors (Lipinski definition) is 2. The number of rotatable bonds is 6. The summed E-state index contributed by atoms with van der Waals surface area (Å²) in [5.41, 5.74) is 6.98. The highest BCUT2D eigenvalue weighted by molar-refractivity contribution is 5.66. The first-order valence-electron chi connectivity index (χ1n) is 9.62. The van der Waals surface area contributed by atoms with E-state index >= 15 is 0 Å². The van der Waals surface area contributed by atoms with Crippen LogP contribution in [0, 0.1) is 0 Å². The van der Waals surface area contributed by atoms with Gasteiger partial charge in [-0.1, -0.05) is 67.6 Å². The predicted molar refractivity (Wildman–Crippen MR) is 120 cm³/mol. The van der Waals surface area contributed by atoms with E-state index in [1.807, 2.05) is 18.2 Å². The molecule has 1 unspecified atom stereocenters. The molecule has 4 aromatic rings. The van der Waals surface area contributed by atoms with Crippen molar-refractivity contribution < 1.29 is 0 Å². The Balaban J connectivity index is 1.40. The van der Waals surface area contributed by atoms with Crippen molar-refractivity contribution in [1.29, 1.82) is 0 Å². The van der Waals surface area contributed by atoms with Gasteiger partial charge in [-0.2, -0.15) is 0 Å². The van der Waals surface area contributed by atoms with Crippen molar-refractivity contribution in [3.8, 4) is 0 Å². The Morgan fingerprint density at radius 2 is 0.786 bits per heavy atom. The molecule has 2 heteroatoms. The summed E-state index contributed by atoms with van der Waals surface area (Å²) >= 11 is 0. The Hall–Kier alpha value is -3.52. The van der Waals surface area contributed by atoms with Gasteiger partial charge in [0.25, 0.3) is 0 Å². The molecule has 0 amide bonds. The molecule has 28 heavy (non-hydrogen) atoms. The standard InChI is InChI=1S/C26H24N2/c1-20(21-8-4-2-5-9-21)22-12-14-24(15-13-22)28-26-18-16-25(17-19-26)27-23-10-6-3-7-11-23/h2-20,27-28H,1H3. The molecule has 0 saturated carbocycles. The Bertz CT molecular complexity index is 992. The number of para-hydroxylation sites is 1. The van der Waals surface area contributed by atoms with Crippen molar-refractivity contribution in [2.75, 3.05) is 10.6 Å². The second kappa shape index (κ2) is 8.45. The average Bonchev–Trinajstić information content (AvgIpc) is 2.76. The predicted octanol–water partition coefficient (Wildman–Crippen LogP) is 7.33. The van der Waals surface area contributed by atoms with Crippen LogP contribution in [0.5, 0.6) is 0 Å². The lowest BCUT2D eigenvalue weighted by Crippen LogP contribution is -1.96. The lowest BCUT2D eigenvalue weighted by molar-refractivity contribution is 0.923. The van der Waals surface area contributed by atoms with Crippen molar-refractivity contribution in [2.24, 2.45) is 0 Å². The third-order valence-electron chi connectivity index (χ3n) is 4.95. The molecule has 0 aromatic heterocycles. The SMILES string of the molecule is CC(c1ccccc1)c1ccc(Nc2ccc(Nc3ccccc3)cc2)cc1. The Morgan fingerprint density at radius 3 is 1.29 bits per heavy atom. The molecule has 4 aromatic carbocycles. The van der Waals surface area contributed by atoms with Crippen molar-refractivity contribution in [3.05, 3.63) is 120 Å². The second-order valence-electron chi connectivity index (χ2n) is 6.95. The fourth-order valence-corrected chi connectivity index (χ4v) is 3.28. The van der Waals surface area contributed by atoms with E-state index < -0.39 is 0 Å². The van der Waals surface area contributed by atoms with E-state index in [-0.39, 0.29) is 0 Å². The highest BCUT2D eigenvalue weighted by Crippen LogP contribution is 2.26. The fourth-order valence-electron chi connectivity index (χ4n) is 3.28. The van der Waals surface area contributed by atoms with Gasteiger partial charge < -0.3 is 10.6 Å². The van der Waals surface area contributed by atoms with Gasteiger partial charge in [0.05, 0.1) is 0 Å². The molecular formula is C26H24N2. The normalized spacial score (nSPS) is 11.6. The molecule has 0 spiro atoms. The molecule has 0 heterocycles. The van der Waals surface area contributed by atoms with Gasteiger partial charge >= 0.3 is 0 Å². The summed E-state index contributed by atoms with van der Waals surface area (Å²) in [5, 5.41) is 6.88. The van der Waals surface area contributed by atoms with Gasteiger partial charge in [-0.3, -0.25) is 0 Å². The van der Waals surface area contributed by atoms with E-state index in [2.05, 4.69) is 109 Å². The van der Waals surface area contributed by atoms with E-state index in [9.17, 15) is 0 Å². The van der Waals surface area contributed by atoms with Gasteiger partial charge in [0.15, 0.2) is 0 Å². The minimum Gasteiger partial charge on any atom is -0.356 e. The van der Waals surface area contributed by atoms with Crippen molar-refractivity contribution in [2.45, 2.75) is 12.8 Å². The summed E-state index contributed by atoms with van der Waals surface area (Å²) in [6, 6.07) is 37.8. The lowest BCUT2D eigenvalue weighted by Gasteiger charge is -2.14. The number of nitrogens with one attached hydrogen (secondary N) is 2. The number of benzene rings is 4. The van der Waals surface area contributed by atoms with Crippen LogP contribution in [0.25, 0.3) is 0 Å². The topological polar surface area (TPSA) is 24.1 Å². The van der Waals surface area contributed by atoms with Crippen LogP contribution in [-0.4, -0.2) is 0 Å². The van der Waals surface area contributed by atoms with E-state index in [1.165, 1.54) is 11.1 Å². The van der Waals surface area contributed by atoms with Crippen molar-refractivity contribution in [3.63, 3.8) is 0 Å². The largest absolute Gasteiger partial charge is 0.356 e. The summed E-state index contributed by atoms with van der Waals surface area (Å²) in [4.78, 5) is 0. The van der Waals surface area contributed by atoms with Gasteiger partial charge in [-0.15, -0.1) is 0 Å². The fraction of sp³-hybridized carbons (Fsp3) is 0.0769. The Kier molecular flexibility index (Phi) is 5.39. The van der Waals surface area contributed by atoms with Crippen LogP contribution in [0.2, 0.25) is 0 Å². The lowest BCUT2D eigenvalue weighted by atomic mass is 9.93. The molecule has 1 atom stereocenters. The minimum atomic E-state index is 0.388. The maximum atomic E-state index is 3.47. The van der Waals surface area contributed by atoms with Crippen LogP contribution >= 0.6 is 0 Å². The van der Waals surface area contributed by atoms with Crippen LogP contribution in [0.4, 0.5) is 22.7 Å². The molecule has 0 aliphatic carbocycles. The smallest absolute Gasteiger partial charge is 0.0385 e. The van der Waals surface area contributed by atoms with Gasteiger partial charge in [0.1, 0.15) is 0 Å². The maximum absolute atomic E-state index is 3.47. The highest BCUT2D eigenvalue weighted by atomic mass is 14.9. The molecule has 138 valence electrons. The quantitative estimate of drug-likeness (QED) is 0.374. The third-order valence-corrected chi connectivity index (χ3v) is 4.95. The summed E-state index contributed by atoms with van der Waals surface area (Å²) in [7, 11) is 0. The van der Waals surface area contributed by atoms with Crippen LogP contribution in [0.15, 0.2) is 109 Å². The van der Waals surface area contributed by atoms with Crippen LogP contribution < -0.4 is 10.6 Å². The molecule has 0 saturated heterocycles. The van der Waals surface area contributed by atoms with E-state index in [0.29, 0.717) is 5.92 Å². The van der Waals surface area contributed by atoms with Crippen LogP contribution in [0.3, 0.4) is 0 Å². The Morgan fingerprint density at radius 1 is 0.429 bits per heavy atom. The first-order chi connectivity index (χ1) is 13.8. The molecule has 0 bridgehead atoms. The van der Waals surface area contributed by atoms with E-state index in [4.69, 9.17) is 0 Å². The van der Waals surface area contributed by atoms with Crippen LogP contribution in [-0.2, 0) is 0 Å². The van der Waals surface area contributed by atoms with Crippen molar-refractivity contribution >= 4 is 22.7 Å². The maximum Gasteiger partial charge on any atom is 0.0385 e. The first-order valence-corrected chi connectivity index (χ1v) is 9.62. The van der Waals surface area contributed by atoms with E-state index in [0.717, 1.165) is 22.7 Å². The van der Waals surface area contributed by atoms with Gasteiger partial charge in [0, 0.05) is 28.7 Å². The number of hydrogen-bond acceptors (Lipinski definition) is 2. The van der Waals surface area contributed by atoms with Gasteiger partial charge in [-0.25, -0.2) is 0 Å². The second-order valence-corrected chi connectivity index (χ2v) is 6.95. The third kappa shape index (κ3) is 4.41. The number of anilines is 4. The van der Waals surface area contributed by atoms with Gasteiger partial charge in [0.2, 0.25) is 0 Å². The zero-order chi connectivity index (χ0) is 19.2. The molecule has 0 fully saturated rings. The molecule has 0 aliphatic heterocycles. The van der Waals surface area contributed by atoms with E-state index in [1.54, 1.807) is 0 Å². The molecular weight excluding hydrogens is 340 g/mol. The average molecular weight is 364 g/mol. The van der Waals surface area contributed by atoms with Crippen molar-refractivity contribution in [1.82, 2.24) is 0 Å². The first kappa shape index (κ1) is 17.9. The summed E-state index contributed by atoms with van der Waals surface area (Å²) in [5.74, 6) is 0.388. The molecule has 0 aliphatic rings. The molecule has 2 nitrogen and oxygen atoms in total. The molecule has 0 radical (unpaired) electrons. The monoisotopic (exact) mass is 364 g/mol. The van der Waals surface area contributed by atoms with Gasteiger partial charge in [-0.05, 0) is 59.7 Å².